The van der Waals surface area contributed by atoms with Crippen molar-refractivity contribution in [3.63, 3.8) is 0 Å². The molecular formula is C14H12Br2N2O. The van der Waals surface area contributed by atoms with E-state index >= 15 is 0 Å². The van der Waals surface area contributed by atoms with Gasteiger partial charge in [0.15, 0.2) is 0 Å². The van der Waals surface area contributed by atoms with Gasteiger partial charge in [0.05, 0.1) is 11.1 Å². The van der Waals surface area contributed by atoms with Gasteiger partial charge < -0.3 is 10.1 Å². The second-order valence-electron chi connectivity index (χ2n) is 4.34. The maximum Gasteiger partial charge on any atom is 0.140 e. The summed E-state index contributed by atoms with van der Waals surface area (Å²) in [7, 11) is 0. The van der Waals surface area contributed by atoms with E-state index in [1.807, 2.05) is 12.1 Å². The molecule has 0 spiro atoms. The summed E-state index contributed by atoms with van der Waals surface area (Å²) in [6.07, 6.45) is 2.75. The molecule has 3 nitrogen and oxygen atoms in total. The number of fused-ring (bicyclic) bond motifs is 1. The predicted molar refractivity (Wildman–Crippen MR) is 82.6 cm³/mol. The van der Waals surface area contributed by atoms with Gasteiger partial charge in [-0.2, -0.15) is 0 Å². The lowest BCUT2D eigenvalue weighted by atomic mass is 10.1. The van der Waals surface area contributed by atoms with Gasteiger partial charge in [-0.1, -0.05) is 15.9 Å². The van der Waals surface area contributed by atoms with Crippen LogP contribution in [-0.4, -0.2) is 11.6 Å². The highest BCUT2D eigenvalue weighted by Crippen LogP contribution is 2.33. The normalized spacial score (nSPS) is 12.9. The molecule has 0 saturated heterocycles. The topological polar surface area (TPSA) is 34.2 Å². The molecule has 0 saturated carbocycles. The Bertz CT molecular complexity index is 616. The zero-order valence-electron chi connectivity index (χ0n) is 10.1. The summed E-state index contributed by atoms with van der Waals surface area (Å²) in [6.45, 7) is 1.46. The number of hydrogen-bond donors (Lipinski definition) is 1. The lowest BCUT2D eigenvalue weighted by Gasteiger charge is -2.11. The van der Waals surface area contributed by atoms with Gasteiger partial charge in [-0.15, -0.1) is 0 Å². The zero-order chi connectivity index (χ0) is 13.2. The second-order valence-corrected chi connectivity index (χ2v) is 6.11. The highest BCUT2D eigenvalue weighted by atomic mass is 79.9. The van der Waals surface area contributed by atoms with E-state index < -0.39 is 0 Å². The Morgan fingerprint density at radius 3 is 3.05 bits per heavy atom. The van der Waals surface area contributed by atoms with Gasteiger partial charge >= 0.3 is 0 Å². The highest BCUT2D eigenvalue weighted by molar-refractivity contribution is 9.10. The van der Waals surface area contributed by atoms with Crippen molar-refractivity contribution in [2.75, 3.05) is 11.9 Å². The molecule has 0 unspecified atom stereocenters. The summed E-state index contributed by atoms with van der Waals surface area (Å²) in [6, 6.07) is 8.09. The van der Waals surface area contributed by atoms with Gasteiger partial charge in [0, 0.05) is 29.2 Å². The van der Waals surface area contributed by atoms with Crippen LogP contribution in [0.15, 0.2) is 39.4 Å². The number of rotatable bonds is 3. The van der Waals surface area contributed by atoms with E-state index in [0.717, 1.165) is 39.1 Å². The Morgan fingerprint density at radius 1 is 1.32 bits per heavy atom. The van der Waals surface area contributed by atoms with Gasteiger partial charge in [-0.05, 0) is 45.8 Å². The molecule has 2 heterocycles. The Morgan fingerprint density at radius 2 is 2.21 bits per heavy atom. The van der Waals surface area contributed by atoms with Crippen LogP contribution in [-0.2, 0) is 13.0 Å². The first-order valence-corrected chi connectivity index (χ1v) is 7.61. The third-order valence-corrected chi connectivity index (χ3v) is 4.13. The monoisotopic (exact) mass is 382 g/mol. The lowest BCUT2D eigenvalue weighted by Crippen LogP contribution is -2.03. The van der Waals surface area contributed by atoms with Crippen molar-refractivity contribution < 1.29 is 4.74 Å². The van der Waals surface area contributed by atoms with Gasteiger partial charge in [-0.3, -0.25) is 0 Å². The average molecular weight is 384 g/mol. The van der Waals surface area contributed by atoms with Crippen molar-refractivity contribution >= 4 is 37.7 Å². The van der Waals surface area contributed by atoms with Crippen molar-refractivity contribution in [1.82, 2.24) is 4.98 Å². The SMILES string of the molecule is Brc1cc2c(c(CNc3ncccc3Br)c1)OCC2. The van der Waals surface area contributed by atoms with E-state index in [1.165, 1.54) is 5.56 Å². The maximum atomic E-state index is 5.71. The smallest absolute Gasteiger partial charge is 0.140 e. The molecule has 0 bridgehead atoms. The molecule has 0 amide bonds. The van der Waals surface area contributed by atoms with E-state index in [2.05, 4.69) is 54.3 Å². The molecule has 2 aromatic rings. The molecule has 1 N–H and O–H groups in total. The summed E-state index contributed by atoms with van der Waals surface area (Å²) in [5, 5.41) is 3.33. The zero-order valence-corrected chi connectivity index (χ0v) is 13.3. The second kappa shape index (κ2) is 5.51. The predicted octanol–water partition coefficient (Wildman–Crippen LogP) is 4.15. The number of pyridine rings is 1. The number of nitrogens with zero attached hydrogens (tertiary/aromatic N) is 1. The van der Waals surface area contributed by atoms with E-state index in [9.17, 15) is 0 Å². The van der Waals surface area contributed by atoms with Crippen LogP contribution in [0.4, 0.5) is 5.82 Å². The highest BCUT2D eigenvalue weighted by Gasteiger charge is 2.17. The van der Waals surface area contributed by atoms with Crippen LogP contribution in [0, 0.1) is 0 Å². The molecule has 0 radical (unpaired) electrons. The Labute approximate surface area is 128 Å². The molecule has 0 fully saturated rings. The molecule has 5 heteroatoms. The van der Waals surface area contributed by atoms with Gasteiger partial charge in [0.1, 0.15) is 11.6 Å². The number of anilines is 1. The molecule has 0 aliphatic carbocycles. The van der Waals surface area contributed by atoms with Gasteiger partial charge in [0.2, 0.25) is 0 Å². The van der Waals surface area contributed by atoms with Crippen molar-refractivity contribution in [3.05, 3.63) is 50.5 Å². The summed E-state index contributed by atoms with van der Waals surface area (Å²) >= 11 is 7.03. The molecule has 3 rings (SSSR count). The number of hydrogen-bond acceptors (Lipinski definition) is 3. The van der Waals surface area contributed by atoms with E-state index in [4.69, 9.17) is 4.74 Å². The summed E-state index contributed by atoms with van der Waals surface area (Å²) < 4.78 is 7.76. The fourth-order valence-electron chi connectivity index (χ4n) is 2.17. The first-order chi connectivity index (χ1) is 9.24. The summed E-state index contributed by atoms with van der Waals surface area (Å²) in [5.74, 6) is 1.86. The molecule has 1 aliphatic heterocycles. The third kappa shape index (κ3) is 2.77. The lowest BCUT2D eigenvalue weighted by molar-refractivity contribution is 0.354. The minimum Gasteiger partial charge on any atom is -0.493 e. The molecule has 0 atom stereocenters. The van der Waals surface area contributed by atoms with Crippen LogP contribution >= 0.6 is 31.9 Å². The Hall–Kier alpha value is -1.07. The molecule has 1 aliphatic rings. The van der Waals surface area contributed by atoms with Crippen LogP contribution in [0.3, 0.4) is 0 Å². The minimum atomic E-state index is 0.692. The third-order valence-electron chi connectivity index (χ3n) is 3.03. The number of nitrogens with one attached hydrogen (secondary N) is 1. The largest absolute Gasteiger partial charge is 0.493 e. The average Bonchev–Trinajstić information content (AvgIpc) is 2.85. The molecule has 1 aromatic carbocycles. The molecule has 98 valence electrons. The first-order valence-electron chi connectivity index (χ1n) is 6.02. The Balaban J connectivity index is 1.83. The first kappa shape index (κ1) is 12.9. The number of halogens is 2. The van der Waals surface area contributed by atoms with Crippen molar-refractivity contribution in [3.8, 4) is 5.75 Å². The van der Waals surface area contributed by atoms with Crippen LogP contribution in [0.5, 0.6) is 5.75 Å². The van der Waals surface area contributed by atoms with Crippen LogP contribution in [0.1, 0.15) is 11.1 Å². The molecule has 1 aromatic heterocycles. The quantitative estimate of drug-likeness (QED) is 0.864. The summed E-state index contributed by atoms with van der Waals surface area (Å²) in [5.41, 5.74) is 2.42. The minimum absolute atomic E-state index is 0.692. The number of aromatic nitrogens is 1. The van der Waals surface area contributed by atoms with Crippen molar-refractivity contribution in [1.29, 1.82) is 0 Å². The Kier molecular flexibility index (Phi) is 3.75. The van der Waals surface area contributed by atoms with Crippen molar-refractivity contribution in [2.45, 2.75) is 13.0 Å². The molecular weight excluding hydrogens is 372 g/mol. The van der Waals surface area contributed by atoms with E-state index in [0.29, 0.717) is 6.54 Å². The van der Waals surface area contributed by atoms with Crippen LogP contribution in [0.2, 0.25) is 0 Å². The standard InChI is InChI=1S/C14H12Br2N2O/c15-11-6-9-3-5-19-13(9)10(7-11)8-18-14-12(16)2-1-4-17-14/h1-2,4,6-7H,3,5,8H2,(H,17,18). The van der Waals surface area contributed by atoms with E-state index in [1.54, 1.807) is 6.20 Å². The van der Waals surface area contributed by atoms with Crippen molar-refractivity contribution in [2.24, 2.45) is 0 Å². The number of ether oxygens (including phenoxy) is 1. The van der Waals surface area contributed by atoms with Gasteiger partial charge in [0.25, 0.3) is 0 Å². The number of benzene rings is 1. The fourth-order valence-corrected chi connectivity index (χ4v) is 3.12. The molecule has 19 heavy (non-hydrogen) atoms. The van der Waals surface area contributed by atoms with Crippen LogP contribution in [0.25, 0.3) is 0 Å². The maximum absolute atomic E-state index is 5.71. The van der Waals surface area contributed by atoms with Gasteiger partial charge in [-0.25, -0.2) is 4.98 Å². The summed E-state index contributed by atoms with van der Waals surface area (Å²) in [4.78, 5) is 4.30. The van der Waals surface area contributed by atoms with E-state index in [-0.39, 0.29) is 0 Å². The fraction of sp³-hybridized carbons (Fsp3) is 0.214. The van der Waals surface area contributed by atoms with Crippen LogP contribution < -0.4 is 10.1 Å².